The summed E-state index contributed by atoms with van der Waals surface area (Å²) in [6, 6.07) is 8.09. The number of piperidine rings is 1. The van der Waals surface area contributed by atoms with E-state index in [1.807, 2.05) is 24.4 Å². The van der Waals surface area contributed by atoms with Gasteiger partial charge in [-0.15, -0.1) is 0 Å². The summed E-state index contributed by atoms with van der Waals surface area (Å²) >= 11 is 6.44. The zero-order chi connectivity index (χ0) is 16.2. The first-order valence-corrected chi connectivity index (χ1v) is 8.87. The number of aromatic nitrogens is 1. The van der Waals surface area contributed by atoms with Crippen molar-refractivity contribution < 1.29 is 4.74 Å². The van der Waals surface area contributed by atoms with Gasteiger partial charge in [0.15, 0.2) is 0 Å². The minimum absolute atomic E-state index is 0.412. The van der Waals surface area contributed by atoms with Crippen LogP contribution in [0.5, 0.6) is 0 Å². The number of hydrogen-bond donors (Lipinski definition) is 0. The van der Waals surface area contributed by atoms with Crippen LogP contribution < -0.4 is 0 Å². The van der Waals surface area contributed by atoms with Crippen molar-refractivity contribution in [3.63, 3.8) is 0 Å². The quantitative estimate of drug-likeness (QED) is 0.804. The summed E-state index contributed by atoms with van der Waals surface area (Å²) in [5, 5.41) is 1.97. The number of ether oxygens (including phenoxy) is 1. The number of nitrogens with zero attached hydrogens (tertiary/aromatic N) is 2. The van der Waals surface area contributed by atoms with Gasteiger partial charge in [0.2, 0.25) is 0 Å². The van der Waals surface area contributed by atoms with E-state index in [0.717, 1.165) is 60.6 Å². The van der Waals surface area contributed by atoms with Crippen molar-refractivity contribution in [2.24, 2.45) is 5.92 Å². The Labute approximate surface area is 143 Å². The SMILES string of the molecule is CC(C)COC1CCN(Cc2c(Cl)ccc3cccnc23)CC1. The van der Waals surface area contributed by atoms with Gasteiger partial charge in [0.25, 0.3) is 0 Å². The maximum Gasteiger partial charge on any atom is 0.0761 e. The average Bonchev–Trinajstić information content (AvgIpc) is 2.57. The lowest BCUT2D eigenvalue weighted by molar-refractivity contribution is -0.00578. The lowest BCUT2D eigenvalue weighted by Gasteiger charge is -2.32. The lowest BCUT2D eigenvalue weighted by Crippen LogP contribution is -2.37. The molecule has 1 aliphatic rings. The predicted octanol–water partition coefficient (Wildman–Crippen LogP) is 4.53. The highest BCUT2D eigenvalue weighted by molar-refractivity contribution is 6.32. The molecule has 124 valence electrons. The Hall–Kier alpha value is -1.16. The second kappa shape index (κ2) is 7.61. The zero-order valence-corrected chi connectivity index (χ0v) is 14.7. The molecule has 2 aromatic rings. The molecule has 0 saturated carbocycles. The van der Waals surface area contributed by atoms with Crippen molar-refractivity contribution in [2.45, 2.75) is 39.3 Å². The first-order chi connectivity index (χ1) is 11.1. The van der Waals surface area contributed by atoms with E-state index in [1.165, 1.54) is 0 Å². The van der Waals surface area contributed by atoms with Gasteiger partial charge in [0.05, 0.1) is 11.6 Å². The fraction of sp³-hybridized carbons (Fsp3) is 0.526. The summed E-state index contributed by atoms with van der Waals surface area (Å²) in [5.41, 5.74) is 2.17. The van der Waals surface area contributed by atoms with E-state index in [-0.39, 0.29) is 0 Å². The molecule has 0 spiro atoms. The third-order valence-corrected chi connectivity index (χ3v) is 4.76. The van der Waals surface area contributed by atoms with E-state index < -0.39 is 0 Å². The maximum atomic E-state index is 6.44. The minimum Gasteiger partial charge on any atom is -0.378 e. The molecule has 1 aromatic carbocycles. The maximum absolute atomic E-state index is 6.44. The fourth-order valence-electron chi connectivity index (χ4n) is 3.12. The minimum atomic E-state index is 0.412. The van der Waals surface area contributed by atoms with E-state index >= 15 is 0 Å². The molecule has 0 bridgehead atoms. The molecule has 0 aliphatic carbocycles. The van der Waals surface area contributed by atoms with Gasteiger partial charge < -0.3 is 4.74 Å². The summed E-state index contributed by atoms with van der Waals surface area (Å²) in [4.78, 5) is 7.00. The zero-order valence-electron chi connectivity index (χ0n) is 14.0. The highest BCUT2D eigenvalue weighted by atomic mass is 35.5. The molecule has 3 nitrogen and oxygen atoms in total. The normalized spacial score (nSPS) is 17.2. The van der Waals surface area contributed by atoms with Gasteiger partial charge in [-0.05, 0) is 30.9 Å². The van der Waals surface area contributed by atoms with Crippen LogP contribution in [0.1, 0.15) is 32.3 Å². The second-order valence-corrected chi connectivity index (χ2v) is 7.21. The second-order valence-electron chi connectivity index (χ2n) is 6.80. The number of hydrogen-bond acceptors (Lipinski definition) is 3. The van der Waals surface area contributed by atoms with E-state index in [2.05, 4.69) is 29.8 Å². The van der Waals surface area contributed by atoms with E-state index in [4.69, 9.17) is 16.3 Å². The van der Waals surface area contributed by atoms with Gasteiger partial charge in [0, 0.05) is 48.4 Å². The summed E-state index contributed by atoms with van der Waals surface area (Å²) in [6.07, 6.45) is 4.45. The number of fused-ring (bicyclic) bond motifs is 1. The number of halogens is 1. The Morgan fingerprint density at radius 2 is 2.04 bits per heavy atom. The molecule has 0 amide bonds. The van der Waals surface area contributed by atoms with Crippen LogP contribution in [-0.2, 0) is 11.3 Å². The van der Waals surface area contributed by atoms with Crippen LogP contribution in [0.2, 0.25) is 5.02 Å². The average molecular weight is 333 g/mol. The number of benzene rings is 1. The summed E-state index contributed by atoms with van der Waals surface area (Å²) in [7, 11) is 0. The highest BCUT2D eigenvalue weighted by Crippen LogP contribution is 2.27. The molecule has 1 saturated heterocycles. The van der Waals surface area contributed by atoms with E-state index in [0.29, 0.717) is 12.0 Å². The number of rotatable bonds is 5. The molecular weight excluding hydrogens is 308 g/mol. The molecule has 0 atom stereocenters. The van der Waals surface area contributed by atoms with Gasteiger partial charge in [-0.3, -0.25) is 9.88 Å². The molecule has 3 rings (SSSR count). The van der Waals surface area contributed by atoms with Crippen LogP contribution >= 0.6 is 11.6 Å². The predicted molar refractivity (Wildman–Crippen MR) is 95.8 cm³/mol. The molecule has 1 fully saturated rings. The topological polar surface area (TPSA) is 25.4 Å². The van der Waals surface area contributed by atoms with Crippen LogP contribution in [-0.4, -0.2) is 35.7 Å². The standard InChI is InChI=1S/C19H25ClN2O/c1-14(2)13-23-16-7-10-22(11-8-16)12-17-18(20)6-5-15-4-3-9-21-19(15)17/h3-6,9,14,16H,7-8,10-13H2,1-2H3. The molecule has 23 heavy (non-hydrogen) atoms. The van der Waals surface area contributed by atoms with Crippen molar-refractivity contribution in [3.8, 4) is 0 Å². The van der Waals surface area contributed by atoms with E-state index in [9.17, 15) is 0 Å². The van der Waals surface area contributed by atoms with E-state index in [1.54, 1.807) is 0 Å². The van der Waals surface area contributed by atoms with Crippen molar-refractivity contribution in [1.82, 2.24) is 9.88 Å². The Morgan fingerprint density at radius 3 is 2.78 bits per heavy atom. The molecule has 0 N–H and O–H groups in total. The third-order valence-electron chi connectivity index (χ3n) is 4.40. The molecule has 0 radical (unpaired) electrons. The molecule has 0 unspecified atom stereocenters. The summed E-state index contributed by atoms with van der Waals surface area (Å²) in [6.45, 7) is 8.24. The van der Waals surface area contributed by atoms with Crippen LogP contribution in [0.4, 0.5) is 0 Å². The van der Waals surface area contributed by atoms with Crippen LogP contribution in [0.3, 0.4) is 0 Å². The van der Waals surface area contributed by atoms with Gasteiger partial charge >= 0.3 is 0 Å². The van der Waals surface area contributed by atoms with Crippen LogP contribution in [0.15, 0.2) is 30.5 Å². The summed E-state index contributed by atoms with van der Waals surface area (Å²) in [5.74, 6) is 0.605. The Kier molecular flexibility index (Phi) is 5.52. The molecule has 1 aliphatic heterocycles. The molecular formula is C19H25ClN2O. The number of likely N-dealkylation sites (tertiary alicyclic amines) is 1. The lowest BCUT2D eigenvalue weighted by atomic mass is 10.0. The highest BCUT2D eigenvalue weighted by Gasteiger charge is 2.21. The molecule has 4 heteroatoms. The summed E-state index contributed by atoms with van der Waals surface area (Å²) < 4.78 is 5.97. The van der Waals surface area contributed by atoms with Gasteiger partial charge in [0.1, 0.15) is 0 Å². The van der Waals surface area contributed by atoms with Crippen molar-refractivity contribution in [3.05, 3.63) is 41.0 Å². The molecule has 2 heterocycles. The Bertz CT molecular complexity index is 651. The fourth-order valence-corrected chi connectivity index (χ4v) is 3.33. The molecule has 1 aromatic heterocycles. The first-order valence-electron chi connectivity index (χ1n) is 8.49. The van der Waals surface area contributed by atoms with Crippen molar-refractivity contribution >= 4 is 22.5 Å². The van der Waals surface area contributed by atoms with Gasteiger partial charge in [-0.25, -0.2) is 0 Å². The van der Waals surface area contributed by atoms with Crippen molar-refractivity contribution in [1.29, 1.82) is 0 Å². The van der Waals surface area contributed by atoms with Crippen molar-refractivity contribution in [2.75, 3.05) is 19.7 Å². The first kappa shape index (κ1) is 16.7. The van der Waals surface area contributed by atoms with Gasteiger partial charge in [-0.2, -0.15) is 0 Å². The van der Waals surface area contributed by atoms with Crippen LogP contribution in [0, 0.1) is 5.92 Å². The Morgan fingerprint density at radius 1 is 1.26 bits per heavy atom. The van der Waals surface area contributed by atoms with Gasteiger partial charge in [-0.1, -0.05) is 37.6 Å². The van der Waals surface area contributed by atoms with Crippen LogP contribution in [0.25, 0.3) is 10.9 Å². The smallest absolute Gasteiger partial charge is 0.0761 e. The third kappa shape index (κ3) is 4.23. The Balaban J connectivity index is 1.64. The monoisotopic (exact) mass is 332 g/mol. The number of pyridine rings is 1. The largest absolute Gasteiger partial charge is 0.378 e.